The minimum atomic E-state index is -0.0598. The van der Waals surface area contributed by atoms with Crippen LogP contribution in [0.5, 0.6) is 0 Å². The molecule has 104 valence electrons. The number of carbonyl (C=O) groups excluding carboxylic acids is 1. The number of benzene rings is 2. The zero-order valence-electron chi connectivity index (χ0n) is 11.3. The summed E-state index contributed by atoms with van der Waals surface area (Å²) in [5.74, 6) is 0.668. The van der Waals surface area contributed by atoms with Crippen molar-refractivity contribution in [2.24, 2.45) is 0 Å². The van der Waals surface area contributed by atoms with Crippen molar-refractivity contribution < 1.29 is 4.79 Å². The van der Waals surface area contributed by atoms with E-state index in [9.17, 15) is 4.79 Å². The Labute approximate surface area is 127 Å². The Hall–Kier alpha value is -2.46. The van der Waals surface area contributed by atoms with Gasteiger partial charge in [-0.25, -0.2) is 0 Å². The van der Waals surface area contributed by atoms with E-state index < -0.39 is 0 Å². The van der Waals surface area contributed by atoms with Crippen molar-refractivity contribution in [3.63, 3.8) is 0 Å². The highest BCUT2D eigenvalue weighted by molar-refractivity contribution is 6.30. The SMILES string of the molecule is Cc1nncn1-c1ccccc1C(=O)c1ccc(Cl)cc1. The van der Waals surface area contributed by atoms with Crippen molar-refractivity contribution >= 4 is 17.4 Å². The number of aromatic nitrogens is 3. The number of hydrogen-bond donors (Lipinski definition) is 0. The van der Waals surface area contributed by atoms with Crippen molar-refractivity contribution in [1.29, 1.82) is 0 Å². The maximum Gasteiger partial charge on any atom is 0.195 e. The predicted molar refractivity (Wildman–Crippen MR) is 81.0 cm³/mol. The third-order valence-corrected chi connectivity index (χ3v) is 3.48. The van der Waals surface area contributed by atoms with E-state index in [1.54, 1.807) is 41.2 Å². The van der Waals surface area contributed by atoms with Crippen LogP contribution in [0.25, 0.3) is 5.69 Å². The van der Waals surface area contributed by atoms with Crippen LogP contribution >= 0.6 is 11.6 Å². The van der Waals surface area contributed by atoms with Crippen LogP contribution in [0.2, 0.25) is 5.02 Å². The van der Waals surface area contributed by atoms with Crippen molar-refractivity contribution in [3.8, 4) is 5.69 Å². The molecule has 0 atom stereocenters. The van der Waals surface area contributed by atoms with Crippen molar-refractivity contribution in [3.05, 3.63) is 76.8 Å². The maximum atomic E-state index is 12.7. The van der Waals surface area contributed by atoms with Crippen LogP contribution in [0, 0.1) is 6.92 Å². The maximum absolute atomic E-state index is 12.7. The molecule has 0 saturated heterocycles. The lowest BCUT2D eigenvalue weighted by atomic mass is 10.0. The number of para-hydroxylation sites is 1. The van der Waals surface area contributed by atoms with E-state index in [1.807, 2.05) is 25.1 Å². The number of halogens is 1. The highest BCUT2D eigenvalue weighted by atomic mass is 35.5. The first-order valence-corrected chi connectivity index (χ1v) is 6.81. The van der Waals surface area contributed by atoms with Crippen molar-refractivity contribution in [2.75, 3.05) is 0 Å². The molecule has 0 spiro atoms. The van der Waals surface area contributed by atoms with Crippen molar-refractivity contribution in [1.82, 2.24) is 14.8 Å². The monoisotopic (exact) mass is 297 g/mol. The smallest absolute Gasteiger partial charge is 0.195 e. The van der Waals surface area contributed by atoms with Crippen LogP contribution in [0.3, 0.4) is 0 Å². The Kier molecular flexibility index (Phi) is 3.54. The van der Waals surface area contributed by atoms with Crippen LogP contribution < -0.4 is 0 Å². The van der Waals surface area contributed by atoms with E-state index in [0.717, 1.165) is 11.5 Å². The van der Waals surface area contributed by atoms with E-state index in [1.165, 1.54) is 0 Å². The highest BCUT2D eigenvalue weighted by Gasteiger charge is 2.15. The molecule has 0 radical (unpaired) electrons. The van der Waals surface area contributed by atoms with Crippen LogP contribution in [0.15, 0.2) is 54.9 Å². The summed E-state index contributed by atoms with van der Waals surface area (Å²) in [6.07, 6.45) is 1.60. The summed E-state index contributed by atoms with van der Waals surface area (Å²) in [5, 5.41) is 8.44. The third kappa shape index (κ3) is 2.58. The minimum Gasteiger partial charge on any atom is -0.289 e. The molecule has 5 heteroatoms. The topological polar surface area (TPSA) is 47.8 Å². The molecule has 2 aromatic carbocycles. The van der Waals surface area contributed by atoms with Gasteiger partial charge in [-0.15, -0.1) is 10.2 Å². The third-order valence-electron chi connectivity index (χ3n) is 3.23. The molecule has 0 aliphatic heterocycles. The summed E-state index contributed by atoms with van der Waals surface area (Å²) in [7, 11) is 0. The predicted octanol–water partition coefficient (Wildman–Crippen LogP) is 3.46. The second-order valence-corrected chi connectivity index (χ2v) is 5.04. The van der Waals surface area contributed by atoms with E-state index >= 15 is 0 Å². The van der Waals surface area contributed by atoms with Gasteiger partial charge in [-0.3, -0.25) is 9.36 Å². The summed E-state index contributed by atoms with van der Waals surface area (Å²) in [5.41, 5.74) is 1.96. The fourth-order valence-electron chi connectivity index (χ4n) is 2.16. The summed E-state index contributed by atoms with van der Waals surface area (Å²) in [6.45, 7) is 1.84. The van der Waals surface area contributed by atoms with Crippen LogP contribution in [-0.4, -0.2) is 20.5 Å². The molecule has 0 saturated carbocycles. The van der Waals surface area contributed by atoms with E-state index in [2.05, 4.69) is 10.2 Å². The van der Waals surface area contributed by atoms with Crippen molar-refractivity contribution in [2.45, 2.75) is 6.92 Å². The molecular weight excluding hydrogens is 286 g/mol. The van der Waals surface area contributed by atoms with Gasteiger partial charge in [0, 0.05) is 16.1 Å². The van der Waals surface area contributed by atoms with Crippen LogP contribution in [0.4, 0.5) is 0 Å². The molecule has 3 rings (SSSR count). The Balaban J connectivity index is 2.09. The van der Waals surface area contributed by atoms with Gasteiger partial charge in [-0.2, -0.15) is 0 Å². The lowest BCUT2D eigenvalue weighted by Crippen LogP contribution is -2.08. The Bertz CT molecular complexity index is 793. The molecule has 4 nitrogen and oxygen atoms in total. The largest absolute Gasteiger partial charge is 0.289 e. The fourth-order valence-corrected chi connectivity index (χ4v) is 2.29. The molecule has 21 heavy (non-hydrogen) atoms. The number of nitrogens with zero attached hydrogens (tertiary/aromatic N) is 3. The summed E-state index contributed by atoms with van der Waals surface area (Å²) in [6, 6.07) is 14.3. The zero-order valence-corrected chi connectivity index (χ0v) is 12.1. The Morgan fingerprint density at radius 1 is 1.10 bits per heavy atom. The number of aryl methyl sites for hydroxylation is 1. The van der Waals surface area contributed by atoms with E-state index in [-0.39, 0.29) is 5.78 Å². The fraction of sp³-hybridized carbons (Fsp3) is 0.0625. The van der Waals surface area contributed by atoms with Gasteiger partial charge in [-0.05, 0) is 43.3 Å². The molecule has 0 aliphatic rings. The number of carbonyl (C=O) groups is 1. The lowest BCUT2D eigenvalue weighted by molar-refractivity contribution is 0.103. The molecule has 1 heterocycles. The van der Waals surface area contributed by atoms with Crippen LogP contribution in [-0.2, 0) is 0 Å². The first-order chi connectivity index (χ1) is 10.2. The van der Waals surface area contributed by atoms with Crippen LogP contribution in [0.1, 0.15) is 21.7 Å². The standard InChI is InChI=1S/C16H12ClN3O/c1-11-19-18-10-20(11)15-5-3-2-4-14(15)16(21)12-6-8-13(17)9-7-12/h2-10H,1H3. The lowest BCUT2D eigenvalue weighted by Gasteiger charge is -2.10. The molecule has 0 aliphatic carbocycles. The normalized spacial score (nSPS) is 10.6. The van der Waals surface area contributed by atoms with Gasteiger partial charge < -0.3 is 0 Å². The molecule has 0 bridgehead atoms. The first-order valence-electron chi connectivity index (χ1n) is 6.43. The average Bonchev–Trinajstić information content (AvgIpc) is 2.93. The average molecular weight is 298 g/mol. The summed E-state index contributed by atoms with van der Waals surface area (Å²) >= 11 is 5.86. The summed E-state index contributed by atoms with van der Waals surface area (Å²) < 4.78 is 1.79. The molecule has 0 fully saturated rings. The number of rotatable bonds is 3. The molecular formula is C16H12ClN3O. The van der Waals surface area contributed by atoms with Gasteiger partial charge >= 0.3 is 0 Å². The number of ketones is 1. The molecule has 0 amide bonds. The Morgan fingerprint density at radius 3 is 2.48 bits per heavy atom. The second kappa shape index (κ2) is 5.50. The van der Waals surface area contributed by atoms with E-state index in [0.29, 0.717) is 16.1 Å². The minimum absolute atomic E-state index is 0.0598. The van der Waals surface area contributed by atoms with Gasteiger partial charge in [0.15, 0.2) is 5.78 Å². The molecule has 1 aromatic heterocycles. The van der Waals surface area contributed by atoms with Gasteiger partial charge in [0.1, 0.15) is 12.2 Å². The molecule has 0 N–H and O–H groups in total. The van der Waals surface area contributed by atoms with Gasteiger partial charge in [0.2, 0.25) is 0 Å². The Morgan fingerprint density at radius 2 is 1.81 bits per heavy atom. The van der Waals surface area contributed by atoms with Gasteiger partial charge in [0.05, 0.1) is 5.69 Å². The molecule has 0 unspecified atom stereocenters. The quantitative estimate of drug-likeness (QED) is 0.696. The van der Waals surface area contributed by atoms with E-state index in [4.69, 9.17) is 11.6 Å². The zero-order chi connectivity index (χ0) is 14.8. The summed E-state index contributed by atoms with van der Waals surface area (Å²) in [4.78, 5) is 12.7. The molecule has 3 aromatic rings. The first kappa shape index (κ1) is 13.5. The van der Waals surface area contributed by atoms with Gasteiger partial charge in [0.25, 0.3) is 0 Å². The highest BCUT2D eigenvalue weighted by Crippen LogP contribution is 2.20. The second-order valence-electron chi connectivity index (χ2n) is 4.60. The number of hydrogen-bond acceptors (Lipinski definition) is 3. The van der Waals surface area contributed by atoms with Gasteiger partial charge in [-0.1, -0.05) is 23.7 Å².